The number of nitrogens with one attached hydrogen (secondary N) is 1. The normalized spacial score (nSPS) is 17.0. The average molecular weight is 390 g/mol. The Morgan fingerprint density at radius 2 is 2.04 bits per heavy atom. The summed E-state index contributed by atoms with van der Waals surface area (Å²) in [6.07, 6.45) is 4.31. The van der Waals surface area contributed by atoms with Crippen molar-refractivity contribution in [2.75, 3.05) is 45.2 Å². The number of benzene rings is 1. The molecule has 0 bridgehead atoms. The second-order valence-corrected chi connectivity index (χ2v) is 7.64. The number of amides is 2. The zero-order chi connectivity index (χ0) is 20.5. The Kier molecular flexibility index (Phi) is 8.93. The van der Waals surface area contributed by atoms with Gasteiger partial charge in [-0.3, -0.25) is 14.5 Å². The van der Waals surface area contributed by atoms with Crippen LogP contribution in [0.4, 0.5) is 5.69 Å². The molecule has 1 saturated heterocycles. The minimum Gasteiger partial charge on any atom is -0.383 e. The first-order chi connectivity index (χ1) is 13.5. The second-order valence-electron chi connectivity index (χ2n) is 7.64. The van der Waals surface area contributed by atoms with E-state index in [2.05, 4.69) is 12.2 Å². The van der Waals surface area contributed by atoms with E-state index in [1.165, 1.54) is 6.42 Å². The van der Waals surface area contributed by atoms with Crippen LogP contribution in [0.5, 0.6) is 0 Å². The zero-order valence-corrected chi connectivity index (χ0v) is 17.8. The van der Waals surface area contributed by atoms with Crippen molar-refractivity contribution in [3.05, 3.63) is 29.3 Å². The van der Waals surface area contributed by atoms with E-state index < -0.39 is 0 Å². The van der Waals surface area contributed by atoms with Gasteiger partial charge >= 0.3 is 0 Å². The minimum absolute atomic E-state index is 0.108. The van der Waals surface area contributed by atoms with Crippen molar-refractivity contribution in [3.63, 3.8) is 0 Å². The molecule has 156 valence electrons. The van der Waals surface area contributed by atoms with Crippen molar-refractivity contribution in [2.45, 2.75) is 52.5 Å². The molecule has 6 nitrogen and oxygen atoms in total. The highest BCUT2D eigenvalue weighted by Gasteiger charge is 2.27. The summed E-state index contributed by atoms with van der Waals surface area (Å²) in [6.45, 7) is 8.44. The highest BCUT2D eigenvalue weighted by Crippen LogP contribution is 2.20. The molecule has 2 amide bonds. The van der Waals surface area contributed by atoms with Gasteiger partial charge in [0.15, 0.2) is 0 Å². The van der Waals surface area contributed by atoms with Gasteiger partial charge in [-0.25, -0.2) is 0 Å². The monoisotopic (exact) mass is 389 g/mol. The summed E-state index contributed by atoms with van der Waals surface area (Å²) in [6, 6.07) is 6.20. The molecule has 0 aromatic heterocycles. The Morgan fingerprint density at radius 3 is 2.75 bits per heavy atom. The van der Waals surface area contributed by atoms with E-state index in [4.69, 9.17) is 4.74 Å². The third-order valence-corrected chi connectivity index (χ3v) is 5.64. The number of carbonyl (C=O) groups is 2. The lowest BCUT2D eigenvalue weighted by molar-refractivity contribution is -0.136. The fourth-order valence-electron chi connectivity index (χ4n) is 3.75. The fraction of sp³-hybridized carbons (Fsp3) is 0.636. The Balaban J connectivity index is 1.98. The van der Waals surface area contributed by atoms with Crippen molar-refractivity contribution < 1.29 is 14.3 Å². The number of ether oxygens (including phenoxy) is 1. The summed E-state index contributed by atoms with van der Waals surface area (Å²) in [7, 11) is 1.63. The van der Waals surface area contributed by atoms with Crippen molar-refractivity contribution in [2.24, 2.45) is 0 Å². The van der Waals surface area contributed by atoms with Crippen LogP contribution >= 0.6 is 0 Å². The molecule has 1 N–H and O–H groups in total. The van der Waals surface area contributed by atoms with Gasteiger partial charge in [0, 0.05) is 31.9 Å². The topological polar surface area (TPSA) is 61.9 Å². The summed E-state index contributed by atoms with van der Waals surface area (Å²) in [4.78, 5) is 29.4. The maximum absolute atomic E-state index is 12.9. The fourth-order valence-corrected chi connectivity index (χ4v) is 3.75. The van der Waals surface area contributed by atoms with Gasteiger partial charge in [0.1, 0.15) is 0 Å². The Bertz CT molecular complexity index is 662. The number of aryl methyl sites for hydroxylation is 1. The van der Waals surface area contributed by atoms with Crippen LogP contribution in [-0.4, -0.2) is 67.6 Å². The van der Waals surface area contributed by atoms with E-state index in [0.717, 1.165) is 42.6 Å². The minimum atomic E-state index is -0.108. The number of nitrogens with zero attached hydrogens (tertiary/aromatic N) is 2. The third-order valence-electron chi connectivity index (χ3n) is 5.64. The smallest absolute Gasteiger partial charge is 0.238 e. The molecule has 1 aromatic rings. The van der Waals surface area contributed by atoms with Gasteiger partial charge in [0.05, 0.1) is 19.7 Å². The van der Waals surface area contributed by atoms with Gasteiger partial charge in [0.25, 0.3) is 0 Å². The van der Waals surface area contributed by atoms with Crippen molar-refractivity contribution in [1.82, 2.24) is 9.80 Å². The van der Waals surface area contributed by atoms with Crippen LogP contribution in [0.1, 0.15) is 43.7 Å². The predicted molar refractivity (Wildman–Crippen MR) is 113 cm³/mol. The molecule has 1 unspecified atom stereocenters. The van der Waals surface area contributed by atoms with Crippen LogP contribution in [0.25, 0.3) is 0 Å². The number of likely N-dealkylation sites (tertiary alicyclic amines) is 1. The molecular formula is C22H35N3O3. The van der Waals surface area contributed by atoms with E-state index in [0.29, 0.717) is 19.2 Å². The lowest BCUT2D eigenvalue weighted by Gasteiger charge is -2.36. The van der Waals surface area contributed by atoms with Crippen LogP contribution in [0, 0.1) is 13.8 Å². The van der Waals surface area contributed by atoms with Crippen LogP contribution in [-0.2, 0) is 14.3 Å². The van der Waals surface area contributed by atoms with Crippen molar-refractivity contribution >= 4 is 17.5 Å². The number of methoxy groups -OCH3 is 1. The summed E-state index contributed by atoms with van der Waals surface area (Å²) < 4.78 is 5.18. The van der Waals surface area contributed by atoms with Crippen molar-refractivity contribution in [1.29, 1.82) is 0 Å². The summed E-state index contributed by atoms with van der Waals surface area (Å²) in [5.74, 6) is 0.00507. The van der Waals surface area contributed by atoms with E-state index in [1.807, 2.05) is 41.8 Å². The molecule has 6 heteroatoms. The molecule has 28 heavy (non-hydrogen) atoms. The SMILES string of the molecule is CCC1CCCCN1C(=O)CN(CCOC)CC(=O)Nc1cccc(C)c1C. The van der Waals surface area contributed by atoms with E-state index in [1.54, 1.807) is 7.11 Å². The second kappa shape index (κ2) is 11.2. The summed E-state index contributed by atoms with van der Waals surface area (Å²) >= 11 is 0. The molecule has 1 aromatic carbocycles. The first-order valence-corrected chi connectivity index (χ1v) is 10.3. The number of rotatable bonds is 9. The maximum Gasteiger partial charge on any atom is 0.238 e. The van der Waals surface area contributed by atoms with Gasteiger partial charge in [-0.05, 0) is 56.7 Å². The predicted octanol–water partition coefficient (Wildman–Crippen LogP) is 2.98. The van der Waals surface area contributed by atoms with Crippen LogP contribution in [0.15, 0.2) is 18.2 Å². The van der Waals surface area contributed by atoms with Gasteiger partial charge < -0.3 is 15.0 Å². The largest absolute Gasteiger partial charge is 0.383 e. The number of piperidine rings is 1. The highest BCUT2D eigenvalue weighted by molar-refractivity contribution is 5.93. The molecule has 1 atom stereocenters. The molecule has 0 saturated carbocycles. The van der Waals surface area contributed by atoms with E-state index >= 15 is 0 Å². The van der Waals surface area contributed by atoms with Crippen LogP contribution in [0.2, 0.25) is 0 Å². The third kappa shape index (κ3) is 6.31. The first kappa shape index (κ1) is 22.4. The molecule has 2 rings (SSSR count). The lowest BCUT2D eigenvalue weighted by Crippen LogP contribution is -2.49. The van der Waals surface area contributed by atoms with E-state index in [9.17, 15) is 9.59 Å². The van der Waals surface area contributed by atoms with Crippen LogP contribution < -0.4 is 5.32 Å². The average Bonchev–Trinajstić information content (AvgIpc) is 2.69. The summed E-state index contributed by atoms with van der Waals surface area (Å²) in [5, 5.41) is 2.98. The van der Waals surface area contributed by atoms with E-state index in [-0.39, 0.29) is 24.9 Å². The van der Waals surface area contributed by atoms with Gasteiger partial charge in [0.2, 0.25) is 11.8 Å². The van der Waals surface area contributed by atoms with Gasteiger partial charge in [-0.15, -0.1) is 0 Å². The maximum atomic E-state index is 12.9. The lowest BCUT2D eigenvalue weighted by atomic mass is 10.00. The number of hydrogen-bond donors (Lipinski definition) is 1. The van der Waals surface area contributed by atoms with Gasteiger partial charge in [-0.2, -0.15) is 0 Å². The Labute approximate surface area is 169 Å². The molecule has 1 aliphatic rings. The molecule has 0 radical (unpaired) electrons. The quantitative estimate of drug-likeness (QED) is 0.705. The van der Waals surface area contributed by atoms with Crippen molar-refractivity contribution in [3.8, 4) is 0 Å². The molecule has 1 fully saturated rings. The number of anilines is 1. The van der Waals surface area contributed by atoms with Gasteiger partial charge in [-0.1, -0.05) is 19.1 Å². The Hall–Kier alpha value is -1.92. The Morgan fingerprint density at radius 1 is 1.25 bits per heavy atom. The molecule has 1 aliphatic heterocycles. The standard InChI is InChI=1S/C22H35N3O3/c1-5-19-10-6-7-12-25(19)22(27)16-24(13-14-28-4)15-21(26)23-20-11-8-9-17(2)18(20)3/h8-9,11,19H,5-7,10,12-16H2,1-4H3,(H,23,26). The molecular weight excluding hydrogens is 354 g/mol. The molecule has 0 spiro atoms. The highest BCUT2D eigenvalue weighted by atomic mass is 16.5. The number of hydrogen-bond acceptors (Lipinski definition) is 4. The van der Waals surface area contributed by atoms with Crippen LogP contribution in [0.3, 0.4) is 0 Å². The number of carbonyl (C=O) groups excluding carboxylic acids is 2. The first-order valence-electron chi connectivity index (χ1n) is 10.3. The zero-order valence-electron chi connectivity index (χ0n) is 17.8. The molecule has 0 aliphatic carbocycles. The molecule has 1 heterocycles. The summed E-state index contributed by atoms with van der Waals surface area (Å²) in [5.41, 5.74) is 3.03.